The Balaban J connectivity index is 1.87. The van der Waals surface area contributed by atoms with Crippen LogP contribution in [0.2, 0.25) is 0 Å². The molecule has 0 saturated heterocycles. The second-order valence-corrected chi connectivity index (χ2v) is 6.84. The minimum atomic E-state index is -0.404. The van der Waals surface area contributed by atoms with E-state index in [0.717, 1.165) is 25.8 Å². The van der Waals surface area contributed by atoms with Gasteiger partial charge in [-0.1, -0.05) is 45.0 Å². The van der Waals surface area contributed by atoms with Crippen LogP contribution in [0.4, 0.5) is 4.79 Å². The monoisotopic (exact) mass is 331 g/mol. The van der Waals surface area contributed by atoms with Crippen LogP contribution in [0.1, 0.15) is 57.1 Å². The molecule has 0 spiro atoms. The second-order valence-electron chi connectivity index (χ2n) is 6.84. The maximum Gasteiger partial charge on any atom is 0.321 e. The van der Waals surface area contributed by atoms with E-state index in [1.54, 1.807) is 0 Å². The first-order valence-corrected chi connectivity index (χ1v) is 8.90. The molecule has 5 heteroatoms. The molecule has 0 heterocycles. The van der Waals surface area contributed by atoms with E-state index in [1.807, 2.05) is 6.92 Å². The number of nitrogens with one attached hydrogen (secondary N) is 2. The van der Waals surface area contributed by atoms with Gasteiger partial charge in [-0.15, -0.1) is 0 Å². The lowest BCUT2D eigenvalue weighted by atomic mass is 10.0. The zero-order valence-corrected chi connectivity index (χ0v) is 15.0. The Labute approximate surface area is 144 Å². The number of urea groups is 1. The third-order valence-corrected chi connectivity index (χ3v) is 4.23. The predicted octanol–water partition coefficient (Wildman–Crippen LogP) is 3.01. The van der Waals surface area contributed by atoms with Gasteiger partial charge in [-0.2, -0.15) is 0 Å². The maximum atomic E-state index is 12.1. The Morgan fingerprint density at radius 2 is 1.88 bits per heavy atom. The molecule has 0 aromatic heterocycles. The standard InChI is InChI=1S/C19H29N3O2/c1-4-11-20-19(24)21-18(23)13-22(17-9-10-17)12-15-5-7-16(8-6-15)14(2)3/h5-8,14,17H,4,9-13H2,1-3H3,(H2,20,21,23,24). The topological polar surface area (TPSA) is 61.4 Å². The van der Waals surface area contributed by atoms with E-state index >= 15 is 0 Å². The Bertz CT molecular complexity index is 550. The van der Waals surface area contributed by atoms with E-state index < -0.39 is 6.03 Å². The van der Waals surface area contributed by atoms with Crippen LogP contribution in [0.15, 0.2) is 24.3 Å². The summed E-state index contributed by atoms with van der Waals surface area (Å²) in [5.74, 6) is 0.278. The summed E-state index contributed by atoms with van der Waals surface area (Å²) in [6.07, 6.45) is 3.10. The van der Waals surface area contributed by atoms with E-state index in [0.29, 0.717) is 18.5 Å². The molecule has 1 aromatic carbocycles. The Morgan fingerprint density at radius 1 is 1.21 bits per heavy atom. The minimum absolute atomic E-state index is 0.241. The molecular weight excluding hydrogens is 302 g/mol. The fourth-order valence-electron chi connectivity index (χ4n) is 2.63. The first kappa shape index (κ1) is 18.5. The number of carbonyl (C=O) groups is 2. The molecule has 1 saturated carbocycles. The second kappa shape index (κ2) is 8.83. The van der Waals surface area contributed by atoms with Gasteiger partial charge < -0.3 is 5.32 Å². The molecule has 3 amide bonds. The predicted molar refractivity (Wildman–Crippen MR) is 95.8 cm³/mol. The zero-order valence-electron chi connectivity index (χ0n) is 15.0. The molecule has 132 valence electrons. The number of carbonyl (C=O) groups excluding carboxylic acids is 2. The van der Waals surface area contributed by atoms with Crippen LogP contribution in [-0.4, -0.2) is 36.0 Å². The van der Waals surface area contributed by atoms with E-state index in [9.17, 15) is 9.59 Å². The molecule has 0 unspecified atom stereocenters. The maximum absolute atomic E-state index is 12.1. The van der Waals surface area contributed by atoms with E-state index in [-0.39, 0.29) is 12.5 Å². The quantitative estimate of drug-likeness (QED) is 0.770. The third kappa shape index (κ3) is 5.96. The largest absolute Gasteiger partial charge is 0.338 e. The molecule has 2 N–H and O–H groups in total. The Hall–Kier alpha value is -1.88. The normalized spacial score (nSPS) is 14.0. The van der Waals surface area contributed by atoms with E-state index in [4.69, 9.17) is 0 Å². The summed E-state index contributed by atoms with van der Waals surface area (Å²) in [5, 5.41) is 5.07. The first-order valence-electron chi connectivity index (χ1n) is 8.90. The smallest absolute Gasteiger partial charge is 0.321 e. The highest BCUT2D eigenvalue weighted by atomic mass is 16.2. The van der Waals surface area contributed by atoms with Crippen LogP contribution in [0, 0.1) is 0 Å². The molecule has 1 aliphatic carbocycles. The summed E-state index contributed by atoms with van der Waals surface area (Å²) in [7, 11) is 0. The van der Waals surface area contributed by atoms with Gasteiger partial charge in [0.1, 0.15) is 0 Å². The average molecular weight is 331 g/mol. The number of imide groups is 1. The summed E-state index contributed by atoms with van der Waals surface area (Å²) in [5.41, 5.74) is 2.52. The molecule has 1 fully saturated rings. The summed E-state index contributed by atoms with van der Waals surface area (Å²) < 4.78 is 0. The number of hydrogen-bond acceptors (Lipinski definition) is 3. The van der Waals surface area contributed by atoms with Crippen LogP contribution in [0.3, 0.4) is 0 Å². The highest BCUT2D eigenvalue weighted by molar-refractivity contribution is 5.95. The number of nitrogens with zero attached hydrogens (tertiary/aromatic N) is 1. The van der Waals surface area contributed by atoms with Crippen molar-refractivity contribution in [1.29, 1.82) is 0 Å². The molecule has 2 rings (SSSR count). The summed E-state index contributed by atoms with van der Waals surface area (Å²) >= 11 is 0. The lowest BCUT2D eigenvalue weighted by Gasteiger charge is -2.21. The zero-order chi connectivity index (χ0) is 17.5. The molecule has 0 atom stereocenters. The fraction of sp³-hybridized carbons (Fsp3) is 0.579. The third-order valence-electron chi connectivity index (χ3n) is 4.23. The van der Waals surface area contributed by atoms with E-state index in [2.05, 4.69) is 53.6 Å². The highest BCUT2D eigenvalue weighted by Gasteiger charge is 2.30. The molecule has 1 aromatic rings. The van der Waals surface area contributed by atoms with Gasteiger partial charge in [-0.3, -0.25) is 15.0 Å². The Morgan fingerprint density at radius 3 is 2.42 bits per heavy atom. The van der Waals surface area contributed by atoms with Gasteiger partial charge in [0.25, 0.3) is 0 Å². The minimum Gasteiger partial charge on any atom is -0.338 e. The van der Waals surface area contributed by atoms with Gasteiger partial charge in [-0.25, -0.2) is 4.79 Å². The van der Waals surface area contributed by atoms with Crippen molar-refractivity contribution in [2.24, 2.45) is 0 Å². The lowest BCUT2D eigenvalue weighted by molar-refractivity contribution is -0.121. The summed E-state index contributed by atoms with van der Waals surface area (Å²) in [6, 6.07) is 8.64. The van der Waals surface area contributed by atoms with Crippen LogP contribution in [0.5, 0.6) is 0 Å². The summed E-state index contributed by atoms with van der Waals surface area (Å²) in [4.78, 5) is 25.8. The Kier molecular flexibility index (Phi) is 6.79. The van der Waals surface area contributed by atoms with Crippen molar-refractivity contribution in [1.82, 2.24) is 15.5 Å². The van der Waals surface area contributed by atoms with Crippen molar-refractivity contribution in [3.05, 3.63) is 35.4 Å². The van der Waals surface area contributed by atoms with Crippen molar-refractivity contribution in [3.8, 4) is 0 Å². The van der Waals surface area contributed by atoms with Gasteiger partial charge >= 0.3 is 6.03 Å². The lowest BCUT2D eigenvalue weighted by Crippen LogP contribution is -2.45. The van der Waals surface area contributed by atoms with Crippen LogP contribution in [0.25, 0.3) is 0 Å². The number of hydrogen-bond donors (Lipinski definition) is 2. The molecule has 0 radical (unpaired) electrons. The van der Waals surface area contributed by atoms with Gasteiger partial charge in [0.15, 0.2) is 0 Å². The van der Waals surface area contributed by atoms with Gasteiger partial charge in [0.2, 0.25) is 5.91 Å². The van der Waals surface area contributed by atoms with Crippen molar-refractivity contribution < 1.29 is 9.59 Å². The highest BCUT2D eigenvalue weighted by Crippen LogP contribution is 2.28. The molecule has 5 nitrogen and oxygen atoms in total. The van der Waals surface area contributed by atoms with Crippen LogP contribution < -0.4 is 10.6 Å². The first-order chi connectivity index (χ1) is 11.5. The van der Waals surface area contributed by atoms with Crippen LogP contribution >= 0.6 is 0 Å². The van der Waals surface area contributed by atoms with Gasteiger partial charge in [-0.05, 0) is 36.3 Å². The number of benzene rings is 1. The molecule has 0 bridgehead atoms. The average Bonchev–Trinajstić information content (AvgIpc) is 3.37. The number of amides is 3. The molecule has 0 aliphatic heterocycles. The SMILES string of the molecule is CCCNC(=O)NC(=O)CN(Cc1ccc(C(C)C)cc1)C1CC1. The molecular formula is C19H29N3O2. The van der Waals surface area contributed by atoms with Crippen LogP contribution in [-0.2, 0) is 11.3 Å². The number of rotatable bonds is 8. The van der Waals surface area contributed by atoms with Crippen molar-refractivity contribution >= 4 is 11.9 Å². The van der Waals surface area contributed by atoms with E-state index in [1.165, 1.54) is 11.1 Å². The van der Waals surface area contributed by atoms with Crippen molar-refractivity contribution in [2.75, 3.05) is 13.1 Å². The van der Waals surface area contributed by atoms with Crippen molar-refractivity contribution in [3.63, 3.8) is 0 Å². The van der Waals surface area contributed by atoms with Crippen molar-refractivity contribution in [2.45, 2.75) is 58.5 Å². The summed E-state index contributed by atoms with van der Waals surface area (Å²) in [6.45, 7) is 7.91. The fourth-order valence-corrected chi connectivity index (χ4v) is 2.63. The molecule has 1 aliphatic rings. The van der Waals surface area contributed by atoms with Gasteiger partial charge in [0, 0.05) is 19.1 Å². The van der Waals surface area contributed by atoms with Gasteiger partial charge in [0.05, 0.1) is 6.54 Å². The molecule has 24 heavy (non-hydrogen) atoms.